The molecule has 1 aliphatic carbocycles. The van der Waals surface area contributed by atoms with Crippen molar-refractivity contribution in [2.24, 2.45) is 11.3 Å². The summed E-state index contributed by atoms with van der Waals surface area (Å²) in [5.41, 5.74) is -0.580. The number of carbonyl (C=O) groups is 2. The molecule has 0 heterocycles. The van der Waals surface area contributed by atoms with Crippen LogP contribution in [0, 0.1) is 11.3 Å². The maximum absolute atomic E-state index is 12.4. The zero-order valence-electron chi connectivity index (χ0n) is 11.6. The molecule has 1 rings (SSSR count). The van der Waals surface area contributed by atoms with Crippen LogP contribution in [0.1, 0.15) is 33.6 Å². The maximum atomic E-state index is 12.4. The second kappa shape index (κ2) is 5.69. The van der Waals surface area contributed by atoms with Gasteiger partial charge in [0.05, 0.1) is 6.61 Å². The Hall–Kier alpha value is -1.10. The number of amides is 1. The van der Waals surface area contributed by atoms with Gasteiger partial charge in [0.25, 0.3) is 0 Å². The second-order valence-corrected chi connectivity index (χ2v) is 5.89. The van der Waals surface area contributed by atoms with Crippen LogP contribution in [0.2, 0.25) is 0 Å². The summed E-state index contributed by atoms with van der Waals surface area (Å²) in [7, 11) is 1.58. The summed E-state index contributed by atoms with van der Waals surface area (Å²) >= 11 is 0. The standard InChI is InChI=1S/C13H23NO4/c1-13(2,3)10(12(16)17)11(15)14(7-8-18-4)9-5-6-9/h9-10H,5-8H2,1-4H3,(H,16,17). The van der Waals surface area contributed by atoms with E-state index >= 15 is 0 Å². The van der Waals surface area contributed by atoms with Gasteiger partial charge in [0, 0.05) is 19.7 Å². The van der Waals surface area contributed by atoms with Gasteiger partial charge in [-0.15, -0.1) is 0 Å². The molecule has 0 radical (unpaired) electrons. The molecule has 0 aromatic heterocycles. The fourth-order valence-electron chi connectivity index (χ4n) is 2.06. The molecule has 1 amide bonds. The van der Waals surface area contributed by atoms with Crippen molar-refractivity contribution in [1.29, 1.82) is 0 Å². The molecule has 0 bridgehead atoms. The van der Waals surface area contributed by atoms with E-state index in [2.05, 4.69) is 0 Å². The lowest BCUT2D eigenvalue weighted by atomic mass is 9.80. The van der Waals surface area contributed by atoms with Crippen molar-refractivity contribution in [3.8, 4) is 0 Å². The lowest BCUT2D eigenvalue weighted by molar-refractivity contribution is -0.156. The molecular formula is C13H23NO4. The van der Waals surface area contributed by atoms with Crippen LogP contribution in [0.4, 0.5) is 0 Å². The molecule has 0 aromatic carbocycles. The van der Waals surface area contributed by atoms with Crippen LogP contribution in [0.15, 0.2) is 0 Å². The molecule has 0 aromatic rings. The van der Waals surface area contributed by atoms with E-state index in [1.807, 2.05) is 0 Å². The van der Waals surface area contributed by atoms with Crippen LogP contribution in [0.5, 0.6) is 0 Å². The van der Waals surface area contributed by atoms with Crippen molar-refractivity contribution >= 4 is 11.9 Å². The number of rotatable bonds is 6. The van der Waals surface area contributed by atoms with Crippen LogP contribution in [0.3, 0.4) is 0 Å². The number of hydrogen-bond donors (Lipinski definition) is 1. The molecular weight excluding hydrogens is 234 g/mol. The van der Waals surface area contributed by atoms with Gasteiger partial charge in [-0.05, 0) is 18.3 Å². The Morgan fingerprint density at radius 2 is 1.94 bits per heavy atom. The van der Waals surface area contributed by atoms with E-state index in [0.717, 1.165) is 12.8 Å². The number of ether oxygens (including phenoxy) is 1. The van der Waals surface area contributed by atoms with Crippen LogP contribution in [-0.4, -0.2) is 48.2 Å². The summed E-state index contributed by atoms with van der Waals surface area (Å²) in [6.45, 7) is 6.26. The predicted molar refractivity (Wildman–Crippen MR) is 67.2 cm³/mol. The number of methoxy groups -OCH3 is 1. The molecule has 0 saturated heterocycles. The van der Waals surface area contributed by atoms with Gasteiger partial charge in [0.15, 0.2) is 0 Å². The molecule has 1 saturated carbocycles. The van der Waals surface area contributed by atoms with E-state index in [1.54, 1.807) is 32.8 Å². The van der Waals surface area contributed by atoms with Crippen molar-refractivity contribution < 1.29 is 19.4 Å². The van der Waals surface area contributed by atoms with Gasteiger partial charge in [0.1, 0.15) is 5.92 Å². The van der Waals surface area contributed by atoms with E-state index in [0.29, 0.717) is 13.2 Å². The highest BCUT2D eigenvalue weighted by Crippen LogP contribution is 2.33. The Morgan fingerprint density at radius 3 is 2.28 bits per heavy atom. The Labute approximate surface area is 108 Å². The van der Waals surface area contributed by atoms with Gasteiger partial charge in [-0.3, -0.25) is 9.59 Å². The van der Waals surface area contributed by atoms with E-state index in [-0.39, 0.29) is 11.9 Å². The van der Waals surface area contributed by atoms with E-state index in [9.17, 15) is 14.7 Å². The lowest BCUT2D eigenvalue weighted by Crippen LogP contribution is -2.47. The number of carboxylic acid groups (broad SMARTS) is 1. The van der Waals surface area contributed by atoms with Gasteiger partial charge in [-0.2, -0.15) is 0 Å². The number of aliphatic carboxylic acids is 1. The van der Waals surface area contributed by atoms with Crippen LogP contribution < -0.4 is 0 Å². The highest BCUT2D eigenvalue weighted by molar-refractivity contribution is 5.98. The van der Waals surface area contributed by atoms with E-state index < -0.39 is 17.3 Å². The number of carboxylic acids is 1. The SMILES string of the molecule is COCCN(C(=O)C(C(=O)O)C(C)(C)C)C1CC1. The van der Waals surface area contributed by atoms with Crippen LogP contribution in [-0.2, 0) is 14.3 Å². The molecule has 1 fully saturated rings. The maximum Gasteiger partial charge on any atom is 0.316 e. The van der Waals surface area contributed by atoms with Crippen molar-refractivity contribution in [3.63, 3.8) is 0 Å². The van der Waals surface area contributed by atoms with Crippen molar-refractivity contribution in [3.05, 3.63) is 0 Å². The highest BCUT2D eigenvalue weighted by atomic mass is 16.5. The Balaban J connectivity index is 2.82. The van der Waals surface area contributed by atoms with Gasteiger partial charge in [-0.1, -0.05) is 20.8 Å². The molecule has 0 aliphatic heterocycles. The molecule has 5 heteroatoms. The second-order valence-electron chi connectivity index (χ2n) is 5.89. The first-order valence-electron chi connectivity index (χ1n) is 6.31. The first-order chi connectivity index (χ1) is 8.29. The van der Waals surface area contributed by atoms with E-state index in [4.69, 9.17) is 4.74 Å². The lowest BCUT2D eigenvalue weighted by Gasteiger charge is -2.32. The topological polar surface area (TPSA) is 66.8 Å². The summed E-state index contributed by atoms with van der Waals surface area (Å²) in [5.74, 6) is -2.32. The average molecular weight is 257 g/mol. The zero-order valence-corrected chi connectivity index (χ0v) is 11.6. The van der Waals surface area contributed by atoms with E-state index in [1.165, 1.54) is 0 Å². The van der Waals surface area contributed by atoms with Crippen LogP contribution >= 0.6 is 0 Å². The molecule has 0 spiro atoms. The van der Waals surface area contributed by atoms with Gasteiger partial charge < -0.3 is 14.7 Å². The third kappa shape index (κ3) is 3.70. The summed E-state index contributed by atoms with van der Waals surface area (Å²) in [6, 6.07) is 0.205. The van der Waals surface area contributed by atoms with Crippen molar-refractivity contribution in [1.82, 2.24) is 4.90 Å². The summed E-state index contributed by atoms with van der Waals surface area (Å²) in [4.78, 5) is 25.4. The Bertz CT molecular complexity index is 317. The summed E-state index contributed by atoms with van der Waals surface area (Å²) < 4.78 is 4.98. The van der Waals surface area contributed by atoms with Gasteiger partial charge in [-0.25, -0.2) is 0 Å². The third-order valence-electron chi connectivity index (χ3n) is 3.17. The molecule has 5 nitrogen and oxygen atoms in total. The molecule has 1 N–H and O–H groups in total. The average Bonchev–Trinajstić information content (AvgIpc) is 2.99. The van der Waals surface area contributed by atoms with Gasteiger partial charge >= 0.3 is 5.97 Å². The summed E-state index contributed by atoms with van der Waals surface area (Å²) in [5, 5.41) is 9.28. The first-order valence-corrected chi connectivity index (χ1v) is 6.31. The first kappa shape index (κ1) is 15.0. The van der Waals surface area contributed by atoms with Crippen molar-refractivity contribution in [2.75, 3.05) is 20.3 Å². The molecule has 1 aliphatic rings. The fraction of sp³-hybridized carbons (Fsp3) is 0.846. The monoisotopic (exact) mass is 257 g/mol. The summed E-state index contributed by atoms with van der Waals surface area (Å²) in [6.07, 6.45) is 1.93. The quantitative estimate of drug-likeness (QED) is 0.730. The minimum absolute atomic E-state index is 0.205. The smallest absolute Gasteiger partial charge is 0.316 e. The van der Waals surface area contributed by atoms with Crippen LogP contribution in [0.25, 0.3) is 0 Å². The predicted octanol–water partition coefficient (Wildman–Crippen LogP) is 1.37. The zero-order chi connectivity index (χ0) is 13.9. The number of carbonyl (C=O) groups excluding carboxylic acids is 1. The minimum atomic E-state index is -1.05. The Kier molecular flexibility index (Phi) is 4.73. The number of hydrogen-bond acceptors (Lipinski definition) is 3. The normalized spacial score (nSPS) is 17.3. The molecule has 1 atom stereocenters. The highest BCUT2D eigenvalue weighted by Gasteiger charge is 2.43. The van der Waals surface area contributed by atoms with Gasteiger partial charge in [0.2, 0.25) is 5.91 Å². The third-order valence-corrected chi connectivity index (χ3v) is 3.17. The van der Waals surface area contributed by atoms with Crippen molar-refractivity contribution in [2.45, 2.75) is 39.7 Å². The Morgan fingerprint density at radius 1 is 1.39 bits per heavy atom. The minimum Gasteiger partial charge on any atom is -0.481 e. The molecule has 1 unspecified atom stereocenters. The fourth-order valence-corrected chi connectivity index (χ4v) is 2.06. The molecule has 18 heavy (non-hydrogen) atoms. The molecule has 104 valence electrons. The number of nitrogens with zero attached hydrogens (tertiary/aromatic N) is 1. The largest absolute Gasteiger partial charge is 0.481 e.